The molecule has 1 aliphatic heterocycles. The van der Waals surface area contributed by atoms with E-state index in [-0.39, 0.29) is 30.4 Å². The summed E-state index contributed by atoms with van der Waals surface area (Å²) in [5.74, 6) is 0.140. The molecular weight excluding hydrogens is 480 g/mol. The predicted octanol–water partition coefficient (Wildman–Crippen LogP) is 2.24. The van der Waals surface area contributed by atoms with E-state index in [1.54, 1.807) is 36.4 Å². The highest BCUT2D eigenvalue weighted by Crippen LogP contribution is 2.31. The van der Waals surface area contributed by atoms with Gasteiger partial charge in [0, 0.05) is 18.4 Å². The fraction of sp³-hybridized carbons (Fsp3) is 0.364. The lowest BCUT2D eigenvalue weighted by molar-refractivity contribution is 0.288. The number of aliphatic hydroxyl groups excluding tert-OH is 1. The van der Waals surface area contributed by atoms with Crippen molar-refractivity contribution in [1.82, 2.24) is 9.97 Å². The third-order valence-corrected chi connectivity index (χ3v) is 9.35. The zero-order valence-electron chi connectivity index (χ0n) is 18.6. The molecule has 12 heteroatoms. The van der Waals surface area contributed by atoms with E-state index in [1.807, 2.05) is 6.07 Å². The molecule has 182 valence electrons. The zero-order chi connectivity index (χ0) is 24.3. The van der Waals surface area contributed by atoms with Gasteiger partial charge in [0.15, 0.2) is 21.5 Å². The minimum absolute atomic E-state index is 0.0244. The average molecular weight is 507 g/mol. The molecule has 1 atom stereocenters. The normalized spacial score (nSPS) is 17.5. The fourth-order valence-electron chi connectivity index (χ4n) is 3.80. The number of aromatic nitrogens is 2. The fourth-order valence-corrected chi connectivity index (χ4v) is 7.83. The Morgan fingerprint density at radius 2 is 1.82 bits per heavy atom. The number of ether oxygens (including phenoxy) is 1. The van der Waals surface area contributed by atoms with Crippen LogP contribution in [0.15, 0.2) is 42.5 Å². The van der Waals surface area contributed by atoms with Gasteiger partial charge in [0.05, 0.1) is 34.9 Å². The summed E-state index contributed by atoms with van der Waals surface area (Å²) < 4.78 is 57.5. The van der Waals surface area contributed by atoms with Gasteiger partial charge < -0.3 is 15.2 Å². The van der Waals surface area contributed by atoms with Crippen molar-refractivity contribution in [3.8, 4) is 5.75 Å². The second-order valence-electron chi connectivity index (χ2n) is 8.06. The van der Waals surface area contributed by atoms with Crippen LogP contribution in [0.1, 0.15) is 18.4 Å². The van der Waals surface area contributed by atoms with Gasteiger partial charge in [-0.05, 0) is 43.0 Å². The Bertz CT molecular complexity index is 1410. The van der Waals surface area contributed by atoms with Crippen molar-refractivity contribution in [2.45, 2.75) is 24.5 Å². The number of nitrogens with one attached hydrogen (secondary N) is 2. The van der Waals surface area contributed by atoms with E-state index in [4.69, 9.17) is 4.74 Å². The molecule has 1 aliphatic rings. The summed E-state index contributed by atoms with van der Waals surface area (Å²) in [5.41, 5.74) is 2.54. The van der Waals surface area contributed by atoms with Crippen molar-refractivity contribution in [3.05, 3.63) is 48.0 Å². The van der Waals surface area contributed by atoms with Crippen molar-refractivity contribution in [1.29, 1.82) is 0 Å². The number of fused-ring (bicyclic) bond motifs is 1. The van der Waals surface area contributed by atoms with E-state index in [9.17, 15) is 21.9 Å². The molecule has 34 heavy (non-hydrogen) atoms. The van der Waals surface area contributed by atoms with Gasteiger partial charge in [0.2, 0.25) is 10.0 Å². The Hall–Kier alpha value is -2.96. The lowest BCUT2D eigenvalue weighted by Gasteiger charge is -2.18. The molecule has 10 nitrogen and oxygen atoms in total. The second kappa shape index (κ2) is 9.72. The number of anilines is 3. The van der Waals surface area contributed by atoms with Crippen molar-refractivity contribution < 1.29 is 26.7 Å². The van der Waals surface area contributed by atoms with Crippen molar-refractivity contribution in [2.24, 2.45) is 0 Å². The van der Waals surface area contributed by atoms with Crippen LogP contribution in [0.3, 0.4) is 0 Å². The molecule has 1 aromatic heterocycles. The molecular formula is C22H26N4O6S2. The number of methoxy groups -OCH3 is 1. The van der Waals surface area contributed by atoms with Crippen LogP contribution in [0.2, 0.25) is 0 Å². The molecule has 1 unspecified atom stereocenters. The van der Waals surface area contributed by atoms with Gasteiger partial charge in [0.1, 0.15) is 5.75 Å². The van der Waals surface area contributed by atoms with Crippen LogP contribution in [0.5, 0.6) is 5.75 Å². The monoisotopic (exact) mass is 506 g/mol. The molecule has 0 radical (unpaired) electrons. The van der Waals surface area contributed by atoms with E-state index < -0.39 is 30.9 Å². The van der Waals surface area contributed by atoms with Crippen LogP contribution in [-0.2, 0) is 26.3 Å². The number of para-hydroxylation sites is 2. The summed E-state index contributed by atoms with van der Waals surface area (Å²) in [6.45, 7) is 0.0244. The highest BCUT2D eigenvalue weighted by Gasteiger charge is 2.38. The third-order valence-electron chi connectivity index (χ3n) is 5.61. The number of hydrogen-bond donors (Lipinski definition) is 3. The number of aryl methyl sites for hydroxylation is 1. The molecule has 2 heterocycles. The number of hydrogen-bond acceptors (Lipinski definition) is 9. The Morgan fingerprint density at radius 3 is 2.44 bits per heavy atom. The maximum Gasteiger partial charge on any atom is 0.237 e. The molecule has 4 rings (SSSR count). The van der Waals surface area contributed by atoms with E-state index in [0.717, 1.165) is 5.56 Å². The molecule has 1 fully saturated rings. The zero-order valence-corrected chi connectivity index (χ0v) is 20.2. The molecule has 0 bridgehead atoms. The van der Waals surface area contributed by atoms with Crippen molar-refractivity contribution >= 4 is 48.2 Å². The van der Waals surface area contributed by atoms with Gasteiger partial charge in [-0.1, -0.05) is 18.2 Å². The lowest BCUT2D eigenvalue weighted by Crippen LogP contribution is -2.29. The van der Waals surface area contributed by atoms with Gasteiger partial charge in [-0.15, -0.1) is 0 Å². The van der Waals surface area contributed by atoms with E-state index in [0.29, 0.717) is 35.3 Å². The second-order valence-corrected chi connectivity index (χ2v) is 12.2. The summed E-state index contributed by atoms with van der Waals surface area (Å²) in [6.07, 6.45) is 1.15. The van der Waals surface area contributed by atoms with E-state index in [1.165, 1.54) is 7.11 Å². The summed E-state index contributed by atoms with van der Waals surface area (Å²) in [4.78, 5) is 9.04. The molecule has 3 aromatic rings. The first-order chi connectivity index (χ1) is 16.2. The van der Waals surface area contributed by atoms with Crippen molar-refractivity contribution in [2.75, 3.05) is 35.3 Å². The number of benzene rings is 2. The number of sulfone groups is 1. The highest BCUT2D eigenvalue weighted by atomic mass is 32.2. The maximum absolute atomic E-state index is 13.0. The Morgan fingerprint density at radius 1 is 1.12 bits per heavy atom. The average Bonchev–Trinajstić information content (AvgIpc) is 3.19. The standard InChI is InChI=1S/C22H26N4O6S2/c1-32-16-9-8-15(5-4-11-27)20(13-16)25-21-22(24-19-7-3-2-6-18(19)23-21)26-34(30,31)17-10-12-33(28,29)14-17/h2-3,6-9,13,17,27H,4-5,10-12,14H2,1H3,(H,23,25)(H,24,26). The number of sulfonamides is 1. The van der Waals surface area contributed by atoms with Crippen molar-refractivity contribution in [3.63, 3.8) is 0 Å². The molecule has 1 saturated heterocycles. The largest absolute Gasteiger partial charge is 0.497 e. The van der Waals surface area contributed by atoms with E-state index >= 15 is 0 Å². The molecule has 0 aliphatic carbocycles. The SMILES string of the molecule is COc1ccc(CCCO)c(Nc2nc3ccccc3nc2NS(=O)(=O)C2CCS(=O)(=O)C2)c1. The van der Waals surface area contributed by atoms with Crippen LogP contribution in [0, 0.1) is 0 Å². The third kappa shape index (κ3) is 5.40. The van der Waals surface area contributed by atoms with Gasteiger partial charge in [-0.3, -0.25) is 4.72 Å². The van der Waals surface area contributed by atoms with Crippen LogP contribution in [0.4, 0.5) is 17.3 Å². The topological polar surface area (TPSA) is 148 Å². The summed E-state index contributed by atoms with van der Waals surface area (Å²) in [6, 6.07) is 12.4. The Balaban J connectivity index is 1.75. The van der Waals surface area contributed by atoms with Gasteiger partial charge >= 0.3 is 0 Å². The Labute approximate surface area is 198 Å². The maximum atomic E-state index is 13.0. The number of nitrogens with zero attached hydrogens (tertiary/aromatic N) is 2. The first-order valence-corrected chi connectivity index (χ1v) is 14.1. The quantitative estimate of drug-likeness (QED) is 0.397. The van der Waals surface area contributed by atoms with Gasteiger partial charge in [0.25, 0.3) is 0 Å². The van der Waals surface area contributed by atoms with Crippen LogP contribution < -0.4 is 14.8 Å². The van der Waals surface area contributed by atoms with E-state index in [2.05, 4.69) is 20.0 Å². The number of rotatable bonds is 9. The van der Waals surface area contributed by atoms with Crippen LogP contribution >= 0.6 is 0 Å². The Kier molecular flexibility index (Phi) is 6.91. The molecule has 0 saturated carbocycles. The summed E-state index contributed by atoms with van der Waals surface area (Å²) >= 11 is 0. The molecule has 0 amide bonds. The van der Waals surface area contributed by atoms with Crippen LogP contribution in [0.25, 0.3) is 11.0 Å². The summed E-state index contributed by atoms with van der Waals surface area (Å²) in [5, 5.41) is 11.4. The van der Waals surface area contributed by atoms with Crippen LogP contribution in [-0.4, -0.2) is 62.4 Å². The minimum Gasteiger partial charge on any atom is -0.497 e. The smallest absolute Gasteiger partial charge is 0.237 e. The highest BCUT2D eigenvalue weighted by molar-refractivity contribution is 7.97. The van der Waals surface area contributed by atoms with Gasteiger partial charge in [-0.25, -0.2) is 26.8 Å². The minimum atomic E-state index is -4.03. The predicted molar refractivity (Wildman–Crippen MR) is 131 cm³/mol. The lowest BCUT2D eigenvalue weighted by atomic mass is 10.1. The first kappa shape index (κ1) is 24.2. The molecule has 2 aromatic carbocycles. The molecule has 0 spiro atoms. The molecule has 3 N–H and O–H groups in total. The summed E-state index contributed by atoms with van der Waals surface area (Å²) in [7, 11) is -5.89. The first-order valence-electron chi connectivity index (χ1n) is 10.7. The number of aliphatic hydroxyl groups is 1. The van der Waals surface area contributed by atoms with Gasteiger partial charge in [-0.2, -0.15) is 0 Å².